The van der Waals surface area contributed by atoms with E-state index in [1.807, 2.05) is 12.1 Å². The van der Waals surface area contributed by atoms with E-state index in [2.05, 4.69) is 37.6 Å². The van der Waals surface area contributed by atoms with Crippen molar-refractivity contribution in [3.63, 3.8) is 0 Å². The van der Waals surface area contributed by atoms with E-state index in [0.29, 0.717) is 13.0 Å². The second-order valence-electron chi connectivity index (χ2n) is 5.14. The number of carbonyl (C=O) groups excluding carboxylic acids is 1. The minimum Gasteiger partial charge on any atom is -0.493 e. The number of ether oxygens (including phenoxy) is 2. The summed E-state index contributed by atoms with van der Waals surface area (Å²) in [6.45, 7) is 7.30. The second kappa shape index (κ2) is 6.28. The molecule has 4 nitrogen and oxygen atoms in total. The van der Waals surface area contributed by atoms with Crippen LogP contribution in [0.25, 0.3) is 0 Å². The van der Waals surface area contributed by atoms with Crippen molar-refractivity contribution in [3.05, 3.63) is 29.8 Å². The van der Waals surface area contributed by atoms with Crippen LogP contribution >= 0.6 is 0 Å². The Morgan fingerprint density at radius 2 is 1.78 bits per heavy atom. The molecule has 0 aromatic heterocycles. The zero-order valence-corrected chi connectivity index (χ0v) is 11.2. The van der Waals surface area contributed by atoms with Gasteiger partial charge in [-0.3, -0.25) is 0 Å². The molecular formula is C14H21NO3. The molecule has 0 aliphatic rings. The van der Waals surface area contributed by atoms with Gasteiger partial charge in [-0.15, -0.1) is 0 Å². The van der Waals surface area contributed by atoms with Gasteiger partial charge in [0.25, 0.3) is 0 Å². The quantitative estimate of drug-likeness (QED) is 0.818. The maximum atomic E-state index is 10.3. The molecule has 0 fully saturated rings. The van der Waals surface area contributed by atoms with Gasteiger partial charge in [-0.25, -0.2) is 4.79 Å². The Morgan fingerprint density at radius 1 is 1.17 bits per heavy atom. The predicted octanol–water partition coefficient (Wildman–Crippen LogP) is 2.85. The van der Waals surface area contributed by atoms with Gasteiger partial charge in [0.1, 0.15) is 5.75 Å². The van der Waals surface area contributed by atoms with E-state index < -0.39 is 6.09 Å². The van der Waals surface area contributed by atoms with E-state index in [1.165, 1.54) is 5.56 Å². The number of hydrogen-bond acceptors (Lipinski definition) is 3. The average Bonchev–Trinajstić information content (AvgIpc) is 2.27. The van der Waals surface area contributed by atoms with Gasteiger partial charge < -0.3 is 15.2 Å². The van der Waals surface area contributed by atoms with Crippen LogP contribution in [0.15, 0.2) is 24.3 Å². The van der Waals surface area contributed by atoms with Gasteiger partial charge in [0, 0.05) is 6.42 Å². The molecule has 0 saturated carbocycles. The fourth-order valence-electron chi connectivity index (χ4n) is 1.47. The van der Waals surface area contributed by atoms with Crippen molar-refractivity contribution in [2.75, 3.05) is 13.2 Å². The third-order valence-corrected chi connectivity index (χ3v) is 2.52. The molecule has 4 heteroatoms. The van der Waals surface area contributed by atoms with Crippen LogP contribution in [-0.2, 0) is 10.2 Å². The SMILES string of the molecule is CC(C)(C)c1ccc(OCCCOC(N)=O)cc1. The fourth-order valence-corrected chi connectivity index (χ4v) is 1.47. The number of hydrogen-bond donors (Lipinski definition) is 1. The van der Waals surface area contributed by atoms with Crippen molar-refractivity contribution in [2.24, 2.45) is 5.73 Å². The van der Waals surface area contributed by atoms with E-state index in [0.717, 1.165) is 5.75 Å². The van der Waals surface area contributed by atoms with Crippen molar-refractivity contribution in [2.45, 2.75) is 32.6 Å². The molecule has 0 bridgehead atoms. The van der Waals surface area contributed by atoms with Gasteiger partial charge in [0.05, 0.1) is 13.2 Å². The number of amides is 1. The minimum atomic E-state index is -0.746. The first-order valence-corrected chi connectivity index (χ1v) is 6.05. The molecule has 1 aromatic carbocycles. The van der Waals surface area contributed by atoms with Gasteiger partial charge in [-0.05, 0) is 23.1 Å². The Bertz CT molecular complexity index is 379. The first-order valence-electron chi connectivity index (χ1n) is 6.05. The molecule has 1 aromatic rings. The summed E-state index contributed by atoms with van der Waals surface area (Å²) < 4.78 is 10.1. The summed E-state index contributed by atoms with van der Waals surface area (Å²) in [5.41, 5.74) is 6.26. The van der Waals surface area contributed by atoms with Crippen LogP contribution < -0.4 is 10.5 Å². The molecule has 0 saturated heterocycles. The topological polar surface area (TPSA) is 61.6 Å². The molecule has 0 radical (unpaired) electrons. The van der Waals surface area contributed by atoms with E-state index in [1.54, 1.807) is 0 Å². The summed E-state index contributed by atoms with van der Waals surface area (Å²) in [4.78, 5) is 10.3. The first kappa shape index (κ1) is 14.4. The summed E-state index contributed by atoms with van der Waals surface area (Å²) in [6.07, 6.45) is -0.117. The summed E-state index contributed by atoms with van der Waals surface area (Å²) in [5.74, 6) is 0.821. The highest BCUT2D eigenvalue weighted by molar-refractivity contribution is 5.64. The number of primary amides is 1. The lowest BCUT2D eigenvalue weighted by molar-refractivity contribution is 0.147. The van der Waals surface area contributed by atoms with Crippen LogP contribution in [0, 0.1) is 0 Å². The first-order chi connectivity index (χ1) is 8.39. The van der Waals surface area contributed by atoms with Crippen LogP contribution in [0.4, 0.5) is 4.79 Å². The van der Waals surface area contributed by atoms with Crippen molar-refractivity contribution in [1.29, 1.82) is 0 Å². The molecular weight excluding hydrogens is 230 g/mol. The highest BCUT2D eigenvalue weighted by Crippen LogP contribution is 2.24. The monoisotopic (exact) mass is 251 g/mol. The Kier molecular flexibility index (Phi) is 5.01. The number of benzene rings is 1. The van der Waals surface area contributed by atoms with Crippen LogP contribution in [-0.4, -0.2) is 19.3 Å². The molecule has 1 amide bonds. The molecule has 0 aliphatic carbocycles. The molecule has 2 N–H and O–H groups in total. The lowest BCUT2D eigenvalue weighted by Crippen LogP contribution is -2.15. The van der Waals surface area contributed by atoms with Gasteiger partial charge >= 0.3 is 6.09 Å². The maximum absolute atomic E-state index is 10.3. The zero-order chi connectivity index (χ0) is 13.6. The zero-order valence-electron chi connectivity index (χ0n) is 11.2. The fraction of sp³-hybridized carbons (Fsp3) is 0.500. The maximum Gasteiger partial charge on any atom is 0.404 e. The van der Waals surface area contributed by atoms with Crippen molar-refractivity contribution in [3.8, 4) is 5.75 Å². The van der Waals surface area contributed by atoms with Gasteiger partial charge in [0.15, 0.2) is 0 Å². The van der Waals surface area contributed by atoms with E-state index >= 15 is 0 Å². The summed E-state index contributed by atoms with van der Waals surface area (Å²) in [5, 5.41) is 0. The molecule has 0 atom stereocenters. The van der Waals surface area contributed by atoms with Crippen LogP contribution in [0.3, 0.4) is 0 Å². The molecule has 18 heavy (non-hydrogen) atoms. The van der Waals surface area contributed by atoms with Crippen molar-refractivity contribution >= 4 is 6.09 Å². The van der Waals surface area contributed by atoms with E-state index in [4.69, 9.17) is 10.5 Å². The normalized spacial score (nSPS) is 11.1. The second-order valence-corrected chi connectivity index (χ2v) is 5.14. The van der Waals surface area contributed by atoms with Crippen LogP contribution in [0.1, 0.15) is 32.8 Å². The smallest absolute Gasteiger partial charge is 0.404 e. The van der Waals surface area contributed by atoms with Gasteiger partial charge in [-0.2, -0.15) is 0 Å². The lowest BCUT2D eigenvalue weighted by atomic mass is 9.87. The van der Waals surface area contributed by atoms with Crippen molar-refractivity contribution < 1.29 is 14.3 Å². The number of rotatable bonds is 5. The third-order valence-electron chi connectivity index (χ3n) is 2.52. The predicted molar refractivity (Wildman–Crippen MR) is 70.8 cm³/mol. The van der Waals surface area contributed by atoms with Gasteiger partial charge in [0.2, 0.25) is 0 Å². The van der Waals surface area contributed by atoms with Gasteiger partial charge in [-0.1, -0.05) is 32.9 Å². The standard InChI is InChI=1S/C14H21NO3/c1-14(2,3)11-5-7-12(8-6-11)17-9-4-10-18-13(15)16/h5-8H,4,9-10H2,1-3H3,(H2,15,16). The lowest BCUT2D eigenvalue weighted by Gasteiger charge is -2.19. The molecule has 0 aliphatic heterocycles. The Morgan fingerprint density at radius 3 is 2.28 bits per heavy atom. The Balaban J connectivity index is 2.33. The molecule has 0 spiro atoms. The average molecular weight is 251 g/mol. The largest absolute Gasteiger partial charge is 0.493 e. The van der Waals surface area contributed by atoms with Crippen LogP contribution in [0.2, 0.25) is 0 Å². The molecule has 1 rings (SSSR count). The highest BCUT2D eigenvalue weighted by Gasteiger charge is 2.12. The van der Waals surface area contributed by atoms with Crippen LogP contribution in [0.5, 0.6) is 5.75 Å². The summed E-state index contributed by atoms with van der Waals surface area (Å²) >= 11 is 0. The summed E-state index contributed by atoms with van der Waals surface area (Å²) in [6, 6.07) is 8.04. The van der Waals surface area contributed by atoms with E-state index in [9.17, 15) is 4.79 Å². The Hall–Kier alpha value is -1.71. The van der Waals surface area contributed by atoms with Crippen molar-refractivity contribution in [1.82, 2.24) is 0 Å². The minimum absolute atomic E-state index is 0.147. The number of carbonyl (C=O) groups is 1. The van der Waals surface area contributed by atoms with E-state index in [-0.39, 0.29) is 12.0 Å². The number of nitrogens with two attached hydrogens (primary N) is 1. The summed E-state index contributed by atoms with van der Waals surface area (Å²) in [7, 11) is 0. The molecule has 0 unspecified atom stereocenters. The Labute approximate surface area is 108 Å². The third kappa shape index (κ3) is 5.08. The highest BCUT2D eigenvalue weighted by atomic mass is 16.5. The molecule has 0 heterocycles. The molecule has 100 valence electrons.